The third kappa shape index (κ3) is 6.38. The monoisotopic (exact) mass is 458 g/mol. The van der Waals surface area contributed by atoms with Crippen LogP contribution in [0.3, 0.4) is 0 Å². The van der Waals surface area contributed by atoms with E-state index in [2.05, 4.69) is 10.5 Å². The van der Waals surface area contributed by atoms with Gasteiger partial charge in [0.2, 0.25) is 0 Å². The van der Waals surface area contributed by atoms with Gasteiger partial charge in [-0.15, -0.1) is 0 Å². The lowest BCUT2D eigenvalue weighted by Gasteiger charge is -2.10. The lowest BCUT2D eigenvalue weighted by atomic mass is 10.2. The molecule has 0 unspecified atom stereocenters. The number of hydrazone groups is 1. The number of halogens is 2. The summed E-state index contributed by atoms with van der Waals surface area (Å²) >= 11 is 12.1. The van der Waals surface area contributed by atoms with E-state index in [-0.39, 0.29) is 0 Å². The van der Waals surface area contributed by atoms with Crippen LogP contribution in [0.1, 0.15) is 21.5 Å². The van der Waals surface area contributed by atoms with Crippen molar-refractivity contribution in [2.24, 2.45) is 5.10 Å². The number of methoxy groups -OCH3 is 2. The summed E-state index contributed by atoms with van der Waals surface area (Å²) in [5.41, 5.74) is 4.36. The standard InChI is InChI=1S/C23H20Cl2N2O4/c1-29-20-10-16(11-21(12-20)30-2)23(28)27-26-13-17-9-19(25)6-7-22(17)31-14-15-4-3-5-18(24)8-15/h3-13H,14H2,1-2H3,(H,27,28)/b26-13-. The first-order chi connectivity index (χ1) is 15.0. The fourth-order valence-electron chi connectivity index (χ4n) is 2.70. The number of hydrogen-bond acceptors (Lipinski definition) is 5. The first-order valence-corrected chi connectivity index (χ1v) is 9.97. The minimum absolute atomic E-state index is 0.318. The van der Waals surface area contributed by atoms with Crippen molar-refractivity contribution in [1.82, 2.24) is 5.43 Å². The third-order valence-corrected chi connectivity index (χ3v) is 4.71. The van der Waals surface area contributed by atoms with Crippen molar-refractivity contribution in [3.8, 4) is 17.2 Å². The van der Waals surface area contributed by atoms with Gasteiger partial charge >= 0.3 is 0 Å². The fourth-order valence-corrected chi connectivity index (χ4v) is 3.10. The van der Waals surface area contributed by atoms with Gasteiger partial charge in [-0.05, 0) is 48.0 Å². The van der Waals surface area contributed by atoms with Gasteiger partial charge in [-0.2, -0.15) is 5.10 Å². The Morgan fingerprint density at radius 1 is 0.968 bits per heavy atom. The average Bonchev–Trinajstić information content (AvgIpc) is 2.78. The Hall–Kier alpha value is -3.22. The van der Waals surface area contributed by atoms with Crippen LogP contribution in [0.25, 0.3) is 0 Å². The summed E-state index contributed by atoms with van der Waals surface area (Å²) in [5.74, 6) is 1.14. The highest BCUT2D eigenvalue weighted by molar-refractivity contribution is 6.31. The molecule has 0 heterocycles. The molecule has 0 aliphatic heterocycles. The molecular weight excluding hydrogens is 439 g/mol. The van der Waals surface area contributed by atoms with E-state index in [0.29, 0.717) is 45.0 Å². The molecule has 1 amide bonds. The maximum Gasteiger partial charge on any atom is 0.271 e. The summed E-state index contributed by atoms with van der Waals surface area (Å²) in [6.45, 7) is 0.318. The van der Waals surface area contributed by atoms with Crippen LogP contribution in [-0.2, 0) is 6.61 Å². The van der Waals surface area contributed by atoms with Gasteiger partial charge in [0.05, 0.1) is 20.4 Å². The summed E-state index contributed by atoms with van der Waals surface area (Å²) in [5, 5.41) is 5.18. The predicted molar refractivity (Wildman–Crippen MR) is 122 cm³/mol. The Bertz CT molecular complexity index is 1080. The zero-order valence-corrected chi connectivity index (χ0v) is 18.4. The van der Waals surface area contributed by atoms with Gasteiger partial charge in [0.1, 0.15) is 23.9 Å². The van der Waals surface area contributed by atoms with E-state index in [1.165, 1.54) is 20.4 Å². The van der Waals surface area contributed by atoms with Crippen LogP contribution in [0.2, 0.25) is 10.0 Å². The molecular formula is C23H20Cl2N2O4. The van der Waals surface area contributed by atoms with Crippen molar-refractivity contribution < 1.29 is 19.0 Å². The number of benzene rings is 3. The van der Waals surface area contributed by atoms with Crippen molar-refractivity contribution in [2.45, 2.75) is 6.61 Å². The molecule has 0 aliphatic carbocycles. The van der Waals surface area contributed by atoms with Gasteiger partial charge in [0.15, 0.2) is 0 Å². The molecule has 160 valence electrons. The molecule has 3 rings (SSSR count). The number of ether oxygens (including phenoxy) is 3. The lowest BCUT2D eigenvalue weighted by molar-refractivity contribution is 0.0954. The van der Waals surface area contributed by atoms with Crippen LogP contribution in [0, 0.1) is 0 Å². The van der Waals surface area contributed by atoms with Crippen molar-refractivity contribution in [2.75, 3.05) is 14.2 Å². The molecule has 0 saturated heterocycles. The molecule has 0 saturated carbocycles. The average molecular weight is 459 g/mol. The second-order valence-corrected chi connectivity index (χ2v) is 7.27. The molecule has 0 bridgehead atoms. The van der Waals surface area contributed by atoms with Crippen LogP contribution in [0.15, 0.2) is 65.8 Å². The predicted octanol–water partition coefficient (Wildman–Crippen LogP) is 5.35. The van der Waals surface area contributed by atoms with E-state index in [0.717, 1.165) is 5.56 Å². The van der Waals surface area contributed by atoms with Crippen molar-refractivity contribution in [3.63, 3.8) is 0 Å². The summed E-state index contributed by atoms with van der Waals surface area (Å²) in [6, 6.07) is 17.4. The normalized spacial score (nSPS) is 10.7. The molecule has 1 N–H and O–H groups in total. The van der Waals surface area contributed by atoms with E-state index in [9.17, 15) is 4.79 Å². The van der Waals surface area contributed by atoms with E-state index in [1.807, 2.05) is 18.2 Å². The molecule has 31 heavy (non-hydrogen) atoms. The Morgan fingerprint density at radius 2 is 1.68 bits per heavy atom. The summed E-state index contributed by atoms with van der Waals surface area (Å²) in [6.07, 6.45) is 1.47. The smallest absolute Gasteiger partial charge is 0.271 e. The topological polar surface area (TPSA) is 69.2 Å². The number of hydrogen-bond donors (Lipinski definition) is 1. The molecule has 6 nitrogen and oxygen atoms in total. The minimum Gasteiger partial charge on any atom is -0.497 e. The van der Waals surface area contributed by atoms with Gasteiger partial charge in [0.25, 0.3) is 5.91 Å². The number of nitrogens with zero attached hydrogens (tertiary/aromatic N) is 1. The summed E-state index contributed by atoms with van der Waals surface area (Å²) < 4.78 is 16.2. The molecule has 0 aromatic heterocycles. The van der Waals surface area contributed by atoms with Gasteiger partial charge in [-0.25, -0.2) is 5.43 Å². The molecule has 0 radical (unpaired) electrons. The SMILES string of the molecule is COc1cc(OC)cc(C(=O)N/N=C\c2cc(Cl)ccc2OCc2cccc(Cl)c2)c1. The van der Waals surface area contributed by atoms with Crippen molar-refractivity contribution in [1.29, 1.82) is 0 Å². The molecule has 0 spiro atoms. The second kappa shape index (κ2) is 10.7. The quantitative estimate of drug-likeness (QED) is 0.364. The highest BCUT2D eigenvalue weighted by Gasteiger charge is 2.10. The minimum atomic E-state index is -0.420. The first-order valence-electron chi connectivity index (χ1n) is 9.22. The zero-order valence-electron chi connectivity index (χ0n) is 16.9. The number of carbonyl (C=O) groups excluding carboxylic acids is 1. The van der Waals surface area contributed by atoms with E-state index in [1.54, 1.807) is 42.5 Å². The number of nitrogens with one attached hydrogen (secondary N) is 1. The summed E-state index contributed by atoms with van der Waals surface area (Å²) in [7, 11) is 3.03. The third-order valence-electron chi connectivity index (χ3n) is 4.24. The Labute approximate surface area is 190 Å². The maximum atomic E-state index is 12.5. The zero-order chi connectivity index (χ0) is 22.2. The number of carbonyl (C=O) groups is 1. The van der Waals surface area contributed by atoms with Gasteiger partial charge in [0, 0.05) is 27.2 Å². The Kier molecular flexibility index (Phi) is 7.76. The lowest BCUT2D eigenvalue weighted by Crippen LogP contribution is -2.17. The Balaban J connectivity index is 1.71. The highest BCUT2D eigenvalue weighted by atomic mass is 35.5. The largest absolute Gasteiger partial charge is 0.497 e. The molecule has 0 atom stereocenters. The fraction of sp³-hybridized carbons (Fsp3) is 0.130. The first kappa shape index (κ1) is 22.5. The Morgan fingerprint density at radius 3 is 2.35 bits per heavy atom. The summed E-state index contributed by atoms with van der Waals surface area (Å²) in [4.78, 5) is 12.5. The van der Waals surface area contributed by atoms with Crippen molar-refractivity contribution >= 4 is 35.3 Å². The van der Waals surface area contributed by atoms with E-state index < -0.39 is 5.91 Å². The molecule has 3 aromatic carbocycles. The van der Waals surface area contributed by atoms with Crippen LogP contribution in [0.5, 0.6) is 17.2 Å². The van der Waals surface area contributed by atoms with E-state index >= 15 is 0 Å². The molecule has 3 aromatic rings. The van der Waals surface area contributed by atoms with Gasteiger partial charge < -0.3 is 14.2 Å². The molecule has 8 heteroatoms. The maximum absolute atomic E-state index is 12.5. The van der Waals surface area contributed by atoms with E-state index in [4.69, 9.17) is 37.4 Å². The van der Waals surface area contributed by atoms with Crippen LogP contribution in [0.4, 0.5) is 0 Å². The van der Waals surface area contributed by atoms with Gasteiger partial charge in [-0.1, -0.05) is 35.3 Å². The second-order valence-electron chi connectivity index (χ2n) is 6.40. The van der Waals surface area contributed by atoms with Crippen molar-refractivity contribution in [3.05, 3.63) is 87.4 Å². The number of rotatable bonds is 8. The van der Waals surface area contributed by atoms with Gasteiger partial charge in [-0.3, -0.25) is 4.79 Å². The molecule has 0 fully saturated rings. The van der Waals surface area contributed by atoms with Crippen LogP contribution >= 0.6 is 23.2 Å². The molecule has 0 aliphatic rings. The van der Waals surface area contributed by atoms with Crippen LogP contribution < -0.4 is 19.6 Å². The highest BCUT2D eigenvalue weighted by Crippen LogP contribution is 2.24. The van der Waals surface area contributed by atoms with Crippen LogP contribution in [-0.4, -0.2) is 26.3 Å². The number of amides is 1.